The maximum Gasteiger partial charge on any atom is 0.255 e. The normalized spacial score (nSPS) is 10.5. The Morgan fingerprint density at radius 3 is 2.57 bits per heavy atom. The lowest BCUT2D eigenvalue weighted by Crippen LogP contribution is -2.13. The Labute approximate surface area is 121 Å². The molecule has 0 aliphatic carbocycles. The molecule has 0 saturated carbocycles. The Balaban J connectivity index is 2.16. The van der Waals surface area contributed by atoms with E-state index in [0.29, 0.717) is 17.4 Å². The molecule has 0 unspecified atom stereocenters. The van der Waals surface area contributed by atoms with Gasteiger partial charge in [-0.05, 0) is 44.2 Å². The molecule has 3 nitrogen and oxygen atoms in total. The highest BCUT2D eigenvalue weighted by Crippen LogP contribution is 2.19. The number of ether oxygens (including phenoxy) is 1. The van der Waals surface area contributed by atoms with E-state index >= 15 is 0 Å². The number of benzene rings is 2. The third-order valence-electron chi connectivity index (χ3n) is 2.65. The van der Waals surface area contributed by atoms with Gasteiger partial charge in [0, 0.05) is 11.6 Å². The molecule has 21 heavy (non-hydrogen) atoms. The van der Waals surface area contributed by atoms with Gasteiger partial charge in [-0.2, -0.15) is 0 Å². The summed E-state index contributed by atoms with van der Waals surface area (Å²) in [6, 6.07) is 9.53. The number of rotatable bonds is 4. The molecule has 0 heterocycles. The molecule has 1 amide bonds. The largest absolute Gasteiger partial charge is 0.491 e. The van der Waals surface area contributed by atoms with Crippen molar-refractivity contribution in [1.82, 2.24) is 0 Å². The van der Waals surface area contributed by atoms with Gasteiger partial charge < -0.3 is 10.1 Å². The number of halogens is 2. The Kier molecular flexibility index (Phi) is 4.52. The summed E-state index contributed by atoms with van der Waals surface area (Å²) in [5.41, 5.74) is 0.258. The minimum atomic E-state index is -0.821. The molecule has 0 fully saturated rings. The number of anilines is 1. The van der Waals surface area contributed by atoms with Gasteiger partial charge >= 0.3 is 0 Å². The third kappa shape index (κ3) is 4.02. The fourth-order valence-electron chi connectivity index (χ4n) is 1.77. The van der Waals surface area contributed by atoms with Gasteiger partial charge in [0.2, 0.25) is 0 Å². The summed E-state index contributed by atoms with van der Waals surface area (Å²) in [7, 11) is 0. The summed E-state index contributed by atoms with van der Waals surface area (Å²) < 4.78 is 31.8. The van der Waals surface area contributed by atoms with Gasteiger partial charge in [-0.1, -0.05) is 6.07 Å². The number of carbonyl (C=O) groups excluding carboxylic acids is 1. The molecule has 0 aliphatic heterocycles. The van der Waals surface area contributed by atoms with Gasteiger partial charge in [0.15, 0.2) is 0 Å². The van der Waals surface area contributed by atoms with Crippen molar-refractivity contribution in [2.75, 3.05) is 5.32 Å². The van der Waals surface area contributed by atoms with Crippen LogP contribution in [0.15, 0.2) is 42.5 Å². The van der Waals surface area contributed by atoms with Gasteiger partial charge in [0.1, 0.15) is 17.4 Å². The van der Waals surface area contributed by atoms with E-state index in [-0.39, 0.29) is 11.8 Å². The minimum Gasteiger partial charge on any atom is -0.491 e. The maximum atomic E-state index is 13.5. The molecule has 2 aromatic rings. The van der Waals surface area contributed by atoms with Crippen molar-refractivity contribution in [1.29, 1.82) is 0 Å². The molecule has 5 heteroatoms. The Bertz CT molecular complexity index is 656. The molecular weight excluding hydrogens is 276 g/mol. The Hall–Kier alpha value is -2.43. The second kappa shape index (κ2) is 6.35. The summed E-state index contributed by atoms with van der Waals surface area (Å²) >= 11 is 0. The van der Waals surface area contributed by atoms with Crippen LogP contribution in [0.3, 0.4) is 0 Å². The smallest absolute Gasteiger partial charge is 0.255 e. The topological polar surface area (TPSA) is 38.3 Å². The van der Waals surface area contributed by atoms with E-state index in [9.17, 15) is 13.6 Å². The maximum absolute atomic E-state index is 13.5. The molecule has 0 radical (unpaired) electrons. The van der Waals surface area contributed by atoms with Gasteiger partial charge in [-0.3, -0.25) is 4.79 Å². The van der Waals surface area contributed by atoms with E-state index in [0.717, 1.165) is 6.07 Å². The van der Waals surface area contributed by atoms with Gasteiger partial charge in [-0.25, -0.2) is 8.78 Å². The monoisotopic (exact) mass is 291 g/mol. The predicted molar refractivity (Wildman–Crippen MR) is 76.5 cm³/mol. The second-order valence-electron chi connectivity index (χ2n) is 4.77. The first kappa shape index (κ1) is 15.0. The van der Waals surface area contributed by atoms with Crippen molar-refractivity contribution in [3.63, 3.8) is 0 Å². The van der Waals surface area contributed by atoms with Crippen LogP contribution in [0, 0.1) is 11.6 Å². The van der Waals surface area contributed by atoms with Gasteiger partial charge in [-0.15, -0.1) is 0 Å². The molecule has 0 bridgehead atoms. The van der Waals surface area contributed by atoms with Crippen molar-refractivity contribution in [2.45, 2.75) is 20.0 Å². The molecule has 110 valence electrons. The van der Waals surface area contributed by atoms with E-state index in [1.807, 2.05) is 13.8 Å². The number of hydrogen-bond acceptors (Lipinski definition) is 2. The Morgan fingerprint density at radius 1 is 1.14 bits per heavy atom. The Morgan fingerprint density at radius 2 is 1.90 bits per heavy atom. The summed E-state index contributed by atoms with van der Waals surface area (Å²) in [5.74, 6) is -1.46. The fourth-order valence-corrected chi connectivity index (χ4v) is 1.77. The molecule has 0 aromatic heterocycles. The van der Waals surface area contributed by atoms with Crippen LogP contribution in [0.2, 0.25) is 0 Å². The zero-order valence-electron chi connectivity index (χ0n) is 11.7. The highest BCUT2D eigenvalue weighted by Gasteiger charge is 2.11. The zero-order valence-corrected chi connectivity index (χ0v) is 11.7. The summed E-state index contributed by atoms with van der Waals surface area (Å²) in [6.07, 6.45) is -0.0159. The van der Waals surface area contributed by atoms with Crippen LogP contribution >= 0.6 is 0 Å². The SMILES string of the molecule is CC(C)Oc1cccc(C(=O)Nc2ccc(F)cc2F)c1. The van der Waals surface area contributed by atoms with E-state index in [2.05, 4.69) is 5.32 Å². The van der Waals surface area contributed by atoms with Crippen molar-refractivity contribution in [2.24, 2.45) is 0 Å². The standard InChI is InChI=1S/C16H15F2NO2/c1-10(2)21-13-5-3-4-11(8-13)16(20)19-15-7-6-12(17)9-14(15)18/h3-10H,1-2H3,(H,19,20). The first-order valence-corrected chi connectivity index (χ1v) is 6.49. The summed E-state index contributed by atoms with van der Waals surface area (Å²) in [5, 5.41) is 2.40. The number of nitrogens with one attached hydrogen (secondary N) is 1. The van der Waals surface area contributed by atoms with Crippen LogP contribution < -0.4 is 10.1 Å². The number of hydrogen-bond donors (Lipinski definition) is 1. The van der Waals surface area contributed by atoms with Crippen LogP contribution in [-0.2, 0) is 0 Å². The minimum absolute atomic E-state index is 0.0159. The molecule has 1 N–H and O–H groups in total. The molecule has 0 saturated heterocycles. The molecule has 0 spiro atoms. The molecule has 0 aliphatic rings. The fraction of sp³-hybridized carbons (Fsp3) is 0.188. The average Bonchev–Trinajstić information content (AvgIpc) is 2.41. The highest BCUT2D eigenvalue weighted by atomic mass is 19.1. The molecular formula is C16H15F2NO2. The molecule has 2 aromatic carbocycles. The third-order valence-corrected chi connectivity index (χ3v) is 2.65. The number of carbonyl (C=O) groups is 1. The van der Waals surface area contributed by atoms with E-state index < -0.39 is 17.5 Å². The zero-order chi connectivity index (χ0) is 15.4. The second-order valence-corrected chi connectivity index (χ2v) is 4.77. The predicted octanol–water partition coefficient (Wildman–Crippen LogP) is 4.00. The average molecular weight is 291 g/mol. The van der Waals surface area contributed by atoms with Crippen LogP contribution in [0.5, 0.6) is 5.75 Å². The first-order chi connectivity index (χ1) is 9.95. The van der Waals surface area contributed by atoms with Crippen LogP contribution in [0.4, 0.5) is 14.5 Å². The van der Waals surface area contributed by atoms with Crippen molar-refractivity contribution in [3.05, 3.63) is 59.7 Å². The lowest BCUT2D eigenvalue weighted by atomic mass is 10.2. The number of amides is 1. The van der Waals surface area contributed by atoms with E-state index in [1.165, 1.54) is 6.07 Å². The lowest BCUT2D eigenvalue weighted by molar-refractivity contribution is 0.102. The summed E-state index contributed by atoms with van der Waals surface area (Å²) in [4.78, 5) is 12.1. The van der Waals surface area contributed by atoms with Gasteiger partial charge in [0.25, 0.3) is 5.91 Å². The quantitative estimate of drug-likeness (QED) is 0.924. The molecule has 2 rings (SSSR count). The molecule has 0 atom stereocenters. The van der Waals surface area contributed by atoms with Crippen LogP contribution in [0.1, 0.15) is 24.2 Å². The lowest BCUT2D eigenvalue weighted by Gasteiger charge is -2.11. The van der Waals surface area contributed by atoms with Crippen LogP contribution in [0.25, 0.3) is 0 Å². The van der Waals surface area contributed by atoms with Gasteiger partial charge in [0.05, 0.1) is 11.8 Å². The van der Waals surface area contributed by atoms with Crippen LogP contribution in [-0.4, -0.2) is 12.0 Å². The highest BCUT2D eigenvalue weighted by molar-refractivity contribution is 6.04. The van der Waals surface area contributed by atoms with Crippen molar-refractivity contribution in [3.8, 4) is 5.75 Å². The van der Waals surface area contributed by atoms with E-state index in [4.69, 9.17) is 4.74 Å². The summed E-state index contributed by atoms with van der Waals surface area (Å²) in [6.45, 7) is 3.75. The van der Waals surface area contributed by atoms with Crippen molar-refractivity contribution >= 4 is 11.6 Å². The first-order valence-electron chi connectivity index (χ1n) is 6.49. The van der Waals surface area contributed by atoms with Crippen molar-refractivity contribution < 1.29 is 18.3 Å². The van der Waals surface area contributed by atoms with E-state index in [1.54, 1.807) is 24.3 Å².